The quantitative estimate of drug-likeness (QED) is 0.430. The van der Waals surface area contributed by atoms with Crippen LogP contribution in [0.2, 0.25) is 0 Å². The Morgan fingerprint density at radius 3 is 2.57 bits per heavy atom. The molecule has 0 radical (unpaired) electrons. The average Bonchev–Trinajstić information content (AvgIpc) is 3.36. The molecule has 198 valence electrons. The second kappa shape index (κ2) is 9.80. The van der Waals surface area contributed by atoms with Gasteiger partial charge in [-0.25, -0.2) is 22.2 Å². The zero-order valence-corrected chi connectivity index (χ0v) is 20.7. The van der Waals surface area contributed by atoms with E-state index in [1.54, 1.807) is 6.07 Å². The van der Waals surface area contributed by atoms with E-state index < -0.39 is 45.7 Å². The second-order valence-electron chi connectivity index (χ2n) is 9.00. The third-order valence-electron chi connectivity index (χ3n) is 6.65. The number of rotatable bonds is 5. The highest BCUT2D eigenvalue weighted by Gasteiger charge is 2.43. The molecular weight excluding hydrogens is 539 g/mol. The molecule has 7 nitrogen and oxygen atoms in total. The number of anilines is 1. The first kappa shape index (κ1) is 25.8. The van der Waals surface area contributed by atoms with Crippen molar-refractivity contribution in [2.75, 3.05) is 17.9 Å². The lowest BCUT2D eigenvalue weighted by atomic mass is 9.81. The lowest BCUT2D eigenvalue weighted by Gasteiger charge is -2.35. The number of nitrogens with zero attached hydrogens (tertiary/aromatic N) is 2. The fraction of sp³-hybridized carbons (Fsp3) is 0.391. The molecule has 1 aromatic heterocycles. The van der Waals surface area contributed by atoms with E-state index in [4.69, 9.17) is 4.74 Å². The van der Waals surface area contributed by atoms with Crippen LogP contribution in [-0.2, 0) is 16.4 Å². The average molecular weight is 561 g/mol. The molecule has 2 aromatic carbocycles. The van der Waals surface area contributed by atoms with Crippen molar-refractivity contribution >= 4 is 26.7 Å². The highest BCUT2D eigenvalue weighted by atomic mass is 32.2. The van der Waals surface area contributed by atoms with Crippen molar-refractivity contribution in [2.45, 2.75) is 42.3 Å². The molecule has 3 aromatic rings. The van der Waals surface area contributed by atoms with E-state index in [-0.39, 0.29) is 41.6 Å². The summed E-state index contributed by atoms with van der Waals surface area (Å²) in [5, 5.41) is 3.12. The first-order chi connectivity index (χ1) is 17.5. The second-order valence-corrected chi connectivity index (χ2v) is 11.5. The van der Waals surface area contributed by atoms with Crippen molar-refractivity contribution in [3.63, 3.8) is 0 Å². The van der Waals surface area contributed by atoms with Gasteiger partial charge in [0.1, 0.15) is 12.1 Å². The van der Waals surface area contributed by atoms with Crippen LogP contribution in [-0.4, -0.2) is 37.1 Å². The molecule has 3 heterocycles. The number of hydrogen-bond donors (Lipinski definition) is 2. The van der Waals surface area contributed by atoms with Gasteiger partial charge in [-0.05, 0) is 60.7 Å². The van der Waals surface area contributed by atoms with Gasteiger partial charge in [-0.1, -0.05) is 6.07 Å². The summed E-state index contributed by atoms with van der Waals surface area (Å²) < 4.78 is 106. The zero-order chi connectivity index (χ0) is 26.4. The van der Waals surface area contributed by atoms with Crippen LogP contribution in [0.1, 0.15) is 41.5 Å². The Hall–Kier alpha value is -2.84. The highest BCUT2D eigenvalue weighted by Crippen LogP contribution is 2.42. The van der Waals surface area contributed by atoms with Gasteiger partial charge in [0.2, 0.25) is 5.13 Å². The number of piperidine rings is 1. The molecule has 2 aliphatic rings. The molecule has 2 aliphatic heterocycles. The van der Waals surface area contributed by atoms with Crippen LogP contribution < -0.4 is 14.8 Å². The number of halogens is 5. The van der Waals surface area contributed by atoms with Crippen LogP contribution >= 0.6 is 11.5 Å². The Kier molecular flexibility index (Phi) is 6.83. The molecule has 0 spiro atoms. The van der Waals surface area contributed by atoms with Crippen LogP contribution in [0.15, 0.2) is 41.6 Å². The minimum absolute atomic E-state index is 0.00776. The van der Waals surface area contributed by atoms with Gasteiger partial charge in [0.15, 0.2) is 11.6 Å². The molecule has 0 amide bonds. The normalized spacial score (nSPS) is 22.2. The van der Waals surface area contributed by atoms with Crippen LogP contribution in [0.5, 0.6) is 5.75 Å². The molecule has 37 heavy (non-hydrogen) atoms. The molecule has 2 N–H and O–H groups in total. The lowest BCUT2D eigenvalue weighted by Crippen LogP contribution is -2.38. The van der Waals surface area contributed by atoms with Gasteiger partial charge in [-0.3, -0.25) is 4.72 Å². The van der Waals surface area contributed by atoms with Crippen LogP contribution in [0.4, 0.5) is 27.1 Å². The van der Waals surface area contributed by atoms with E-state index >= 15 is 0 Å². The summed E-state index contributed by atoms with van der Waals surface area (Å²) in [7, 11) is -3.94. The first-order valence-corrected chi connectivity index (χ1v) is 13.6. The Morgan fingerprint density at radius 1 is 1.11 bits per heavy atom. The number of ether oxygens (including phenoxy) is 1. The monoisotopic (exact) mass is 560 g/mol. The van der Waals surface area contributed by atoms with Gasteiger partial charge in [-0.15, -0.1) is 0 Å². The molecule has 0 saturated carbocycles. The maximum atomic E-state index is 14.3. The summed E-state index contributed by atoms with van der Waals surface area (Å²) in [6.07, 6.45) is -3.23. The third kappa shape index (κ3) is 5.41. The standard InChI is InChI=1S/C23H21F5N4O3S2/c24-18-8-16(17(9-19(18)25)20-6-14(3-4-29-20)23(26,27)28)13-5-12-1-2-15(7-21(12)35-10-13)37(33,34)32-22-30-11-31-36-22/h1-2,7-9,11,13-14,20,29H,3-6,10H2,(H,30,31,32)/t13?,14-,20-/m1/s1. The molecule has 1 fully saturated rings. The minimum Gasteiger partial charge on any atom is -0.493 e. The predicted molar refractivity (Wildman–Crippen MR) is 125 cm³/mol. The third-order valence-corrected chi connectivity index (χ3v) is 8.69. The number of benzene rings is 2. The highest BCUT2D eigenvalue weighted by molar-refractivity contribution is 7.93. The number of aromatic nitrogens is 2. The van der Waals surface area contributed by atoms with Gasteiger partial charge in [0.05, 0.1) is 17.4 Å². The Bertz CT molecular complexity index is 1400. The number of sulfonamides is 1. The Morgan fingerprint density at radius 2 is 1.86 bits per heavy atom. The van der Waals surface area contributed by atoms with Gasteiger partial charge < -0.3 is 10.1 Å². The number of hydrogen-bond acceptors (Lipinski definition) is 7. The minimum atomic E-state index is -4.38. The van der Waals surface area contributed by atoms with Crippen molar-refractivity contribution in [3.05, 3.63) is 65.0 Å². The van der Waals surface area contributed by atoms with E-state index in [1.165, 1.54) is 18.5 Å². The molecular formula is C23H21F5N4O3S2. The van der Waals surface area contributed by atoms with Crippen LogP contribution in [0.3, 0.4) is 0 Å². The summed E-state index contributed by atoms with van der Waals surface area (Å²) in [6.45, 7) is 0.105. The summed E-state index contributed by atoms with van der Waals surface area (Å²) >= 11 is 0.880. The summed E-state index contributed by atoms with van der Waals surface area (Å²) in [5.74, 6) is -3.94. The van der Waals surface area contributed by atoms with Crippen molar-refractivity contribution in [3.8, 4) is 5.75 Å². The maximum Gasteiger partial charge on any atom is 0.391 e. The topological polar surface area (TPSA) is 93.2 Å². The fourth-order valence-electron chi connectivity index (χ4n) is 4.80. The molecule has 0 bridgehead atoms. The Labute approximate surface area is 213 Å². The number of nitrogens with one attached hydrogen (secondary N) is 2. The fourth-order valence-corrected chi connectivity index (χ4v) is 6.47. The molecule has 0 aliphatic carbocycles. The Balaban J connectivity index is 1.41. The maximum absolute atomic E-state index is 14.3. The van der Waals surface area contributed by atoms with E-state index in [9.17, 15) is 30.4 Å². The summed E-state index contributed by atoms with van der Waals surface area (Å²) in [6, 6.07) is 5.49. The first-order valence-electron chi connectivity index (χ1n) is 11.4. The van der Waals surface area contributed by atoms with Gasteiger partial charge in [-0.2, -0.15) is 17.5 Å². The smallest absolute Gasteiger partial charge is 0.391 e. The van der Waals surface area contributed by atoms with Crippen LogP contribution in [0.25, 0.3) is 0 Å². The summed E-state index contributed by atoms with van der Waals surface area (Å²) in [5.41, 5.74) is 1.26. The predicted octanol–water partition coefficient (Wildman–Crippen LogP) is 4.94. The van der Waals surface area contributed by atoms with Gasteiger partial charge in [0.25, 0.3) is 10.0 Å². The zero-order valence-electron chi connectivity index (χ0n) is 19.1. The molecule has 3 atom stereocenters. The van der Waals surface area contributed by atoms with E-state index in [2.05, 4.69) is 19.4 Å². The van der Waals surface area contributed by atoms with Crippen LogP contribution in [0, 0.1) is 17.6 Å². The van der Waals surface area contributed by atoms with Crippen molar-refractivity contribution in [1.29, 1.82) is 0 Å². The van der Waals surface area contributed by atoms with Crippen molar-refractivity contribution in [1.82, 2.24) is 14.7 Å². The number of alkyl halides is 3. The molecule has 5 rings (SSSR count). The van der Waals surface area contributed by atoms with Gasteiger partial charge >= 0.3 is 6.18 Å². The van der Waals surface area contributed by atoms with Gasteiger partial charge in [0, 0.05) is 29.6 Å². The molecule has 1 unspecified atom stereocenters. The lowest BCUT2D eigenvalue weighted by molar-refractivity contribution is -0.183. The molecule has 14 heteroatoms. The van der Waals surface area contributed by atoms with E-state index in [0.29, 0.717) is 23.3 Å². The SMILES string of the molecule is O=S(=O)(Nc1ncns1)c1ccc2c(c1)OCC(c1cc(F)c(F)cc1[C@H]1C[C@H](C(F)(F)F)CCN1)C2. The van der Waals surface area contributed by atoms with Crippen molar-refractivity contribution < 1.29 is 35.1 Å². The summed E-state index contributed by atoms with van der Waals surface area (Å²) in [4.78, 5) is 3.74. The van der Waals surface area contributed by atoms with Crippen molar-refractivity contribution in [2.24, 2.45) is 5.92 Å². The largest absolute Gasteiger partial charge is 0.493 e. The van der Waals surface area contributed by atoms with E-state index in [0.717, 1.165) is 23.7 Å². The van der Waals surface area contributed by atoms with E-state index in [1.807, 2.05) is 0 Å². The molecule has 1 saturated heterocycles. The number of fused-ring (bicyclic) bond motifs is 1.